The van der Waals surface area contributed by atoms with Crippen LogP contribution in [0, 0.1) is 13.8 Å². The molecule has 0 bridgehead atoms. The molecule has 1 atom stereocenters. The molecule has 0 radical (unpaired) electrons. The van der Waals surface area contributed by atoms with E-state index in [0.29, 0.717) is 20.0 Å². The van der Waals surface area contributed by atoms with Gasteiger partial charge in [0, 0.05) is 10.6 Å². The molecule has 172 valence electrons. The fraction of sp³-hybridized carbons (Fsp3) is 0.174. The van der Waals surface area contributed by atoms with Crippen LogP contribution in [-0.2, 0) is 10.5 Å². The van der Waals surface area contributed by atoms with Crippen LogP contribution in [-0.4, -0.2) is 32.0 Å². The van der Waals surface area contributed by atoms with Crippen molar-refractivity contribution < 1.29 is 14.7 Å². The summed E-state index contributed by atoms with van der Waals surface area (Å²) in [5.41, 5.74) is 1.78. The third kappa shape index (κ3) is 4.20. The maximum Gasteiger partial charge on any atom is 0.296 e. The molecule has 1 aliphatic heterocycles. The Bertz CT molecular complexity index is 1390. The van der Waals surface area contributed by atoms with Crippen LogP contribution in [0.4, 0.5) is 5.13 Å². The highest BCUT2D eigenvalue weighted by molar-refractivity contribution is 8.00. The Morgan fingerprint density at radius 1 is 1.12 bits per heavy atom. The number of rotatable bonds is 7. The molecule has 0 saturated carbocycles. The largest absolute Gasteiger partial charge is 0.503 e. The molecule has 1 amide bonds. The van der Waals surface area contributed by atoms with E-state index in [1.54, 1.807) is 6.92 Å². The summed E-state index contributed by atoms with van der Waals surface area (Å²) in [6.07, 6.45) is 0. The van der Waals surface area contributed by atoms with Gasteiger partial charge in [0.15, 0.2) is 10.1 Å². The van der Waals surface area contributed by atoms with Gasteiger partial charge >= 0.3 is 0 Å². The third-order valence-corrected chi connectivity index (χ3v) is 9.31. The van der Waals surface area contributed by atoms with Crippen molar-refractivity contribution in [3.63, 3.8) is 0 Å². The van der Waals surface area contributed by atoms with Crippen LogP contribution >= 0.6 is 45.8 Å². The number of aliphatic hydroxyl groups excluding tert-OH is 1. The summed E-state index contributed by atoms with van der Waals surface area (Å²) in [6, 6.07) is 12.9. The van der Waals surface area contributed by atoms with Crippen molar-refractivity contribution in [1.82, 2.24) is 15.2 Å². The summed E-state index contributed by atoms with van der Waals surface area (Å²) in [7, 11) is 0. The van der Waals surface area contributed by atoms with Crippen LogP contribution in [0.2, 0.25) is 0 Å². The van der Waals surface area contributed by atoms with Gasteiger partial charge in [0.1, 0.15) is 6.04 Å². The average molecular weight is 527 g/mol. The second-order valence-electron chi connectivity index (χ2n) is 7.46. The highest BCUT2D eigenvalue weighted by Gasteiger charge is 2.47. The molecule has 0 spiro atoms. The smallest absolute Gasteiger partial charge is 0.296 e. The highest BCUT2D eigenvalue weighted by Crippen LogP contribution is 2.45. The van der Waals surface area contributed by atoms with Crippen LogP contribution in [0.5, 0.6) is 0 Å². The van der Waals surface area contributed by atoms with E-state index in [4.69, 9.17) is 0 Å². The van der Waals surface area contributed by atoms with Crippen molar-refractivity contribution in [2.75, 3.05) is 4.90 Å². The maximum absolute atomic E-state index is 13.5. The van der Waals surface area contributed by atoms with E-state index in [0.717, 1.165) is 21.2 Å². The van der Waals surface area contributed by atoms with Crippen LogP contribution in [0.1, 0.15) is 36.9 Å². The molecule has 1 N–H and O–H groups in total. The van der Waals surface area contributed by atoms with E-state index in [9.17, 15) is 14.7 Å². The number of thioether (sulfide) groups is 1. The van der Waals surface area contributed by atoms with E-state index in [-0.39, 0.29) is 5.57 Å². The van der Waals surface area contributed by atoms with Gasteiger partial charge in [-0.15, -0.1) is 32.9 Å². The molecule has 11 heteroatoms. The number of aryl methyl sites for hydroxylation is 2. The summed E-state index contributed by atoms with van der Waals surface area (Å²) in [4.78, 5) is 33.6. The summed E-state index contributed by atoms with van der Waals surface area (Å²) in [5.74, 6) is -0.883. The number of aromatic nitrogens is 3. The molecule has 4 aromatic rings. The molecule has 1 unspecified atom stereocenters. The fourth-order valence-corrected chi connectivity index (χ4v) is 7.21. The van der Waals surface area contributed by atoms with Gasteiger partial charge in [0.2, 0.25) is 10.9 Å². The molecule has 4 heterocycles. The minimum atomic E-state index is -0.776. The van der Waals surface area contributed by atoms with Crippen LogP contribution in [0.15, 0.2) is 63.5 Å². The van der Waals surface area contributed by atoms with Crippen LogP contribution in [0.25, 0.3) is 0 Å². The van der Waals surface area contributed by atoms with Gasteiger partial charge in [0.05, 0.1) is 21.2 Å². The van der Waals surface area contributed by atoms with Gasteiger partial charge in [-0.25, -0.2) is 4.98 Å². The minimum Gasteiger partial charge on any atom is -0.503 e. The summed E-state index contributed by atoms with van der Waals surface area (Å²) in [5, 5.41) is 22.3. The standard InChI is InChI=1S/C23H18N4O3S4/c1-12-20(33-13(2)24-12)18(28)16-17(15-9-6-10-31-15)27(21(30)19(16)29)22-25-26-23(34-22)32-11-14-7-4-3-5-8-14/h3-10,17,29H,11H2,1-2H3. The van der Waals surface area contributed by atoms with E-state index in [2.05, 4.69) is 15.2 Å². The molecule has 7 nitrogen and oxygen atoms in total. The molecule has 3 aromatic heterocycles. The molecule has 5 rings (SSSR count). The molecule has 0 aliphatic carbocycles. The Hall–Kier alpha value is -2.86. The van der Waals surface area contributed by atoms with Crippen molar-refractivity contribution >= 4 is 62.6 Å². The van der Waals surface area contributed by atoms with Gasteiger partial charge in [-0.05, 0) is 30.9 Å². The van der Waals surface area contributed by atoms with Crippen molar-refractivity contribution in [2.45, 2.75) is 30.0 Å². The number of carbonyl (C=O) groups is 2. The first-order valence-electron chi connectivity index (χ1n) is 10.2. The van der Waals surface area contributed by atoms with E-state index >= 15 is 0 Å². The summed E-state index contributed by atoms with van der Waals surface area (Å²) in [6.45, 7) is 3.57. The number of hydrogen-bond acceptors (Lipinski definition) is 10. The molecule has 1 aromatic carbocycles. The zero-order chi connectivity index (χ0) is 23.8. The van der Waals surface area contributed by atoms with Crippen LogP contribution < -0.4 is 4.90 Å². The Morgan fingerprint density at radius 3 is 2.59 bits per heavy atom. The zero-order valence-electron chi connectivity index (χ0n) is 18.1. The normalized spacial score (nSPS) is 16.0. The second-order valence-corrected chi connectivity index (χ2v) is 11.8. The van der Waals surface area contributed by atoms with Gasteiger partial charge in [-0.3, -0.25) is 14.5 Å². The number of carbonyl (C=O) groups excluding carboxylic acids is 2. The lowest BCUT2D eigenvalue weighted by molar-refractivity contribution is -0.117. The van der Waals surface area contributed by atoms with Crippen molar-refractivity contribution in [3.05, 3.63) is 85.2 Å². The first-order chi connectivity index (χ1) is 16.4. The number of aliphatic hydroxyl groups is 1. The Labute approximate surface area is 211 Å². The van der Waals surface area contributed by atoms with Crippen molar-refractivity contribution in [1.29, 1.82) is 0 Å². The van der Waals surface area contributed by atoms with E-state index < -0.39 is 23.5 Å². The quantitative estimate of drug-likeness (QED) is 0.186. The number of amides is 1. The first-order valence-corrected chi connectivity index (χ1v) is 13.7. The number of hydrogen-bond donors (Lipinski definition) is 1. The summed E-state index contributed by atoms with van der Waals surface area (Å²) < 4.78 is 0.699. The molecule has 34 heavy (non-hydrogen) atoms. The number of thiazole rings is 1. The zero-order valence-corrected chi connectivity index (χ0v) is 21.4. The average Bonchev–Trinajstić information content (AvgIpc) is 3.61. The lowest BCUT2D eigenvalue weighted by atomic mass is 10.0. The van der Waals surface area contributed by atoms with Crippen molar-refractivity contribution in [3.8, 4) is 0 Å². The lowest BCUT2D eigenvalue weighted by Crippen LogP contribution is -2.30. The van der Waals surface area contributed by atoms with Gasteiger partial charge in [-0.1, -0.05) is 59.5 Å². The fourth-order valence-electron chi connectivity index (χ4n) is 3.69. The molecular formula is C23H18N4O3S4. The molecule has 0 fully saturated rings. The molecule has 0 saturated heterocycles. The van der Waals surface area contributed by atoms with Crippen LogP contribution in [0.3, 0.4) is 0 Å². The van der Waals surface area contributed by atoms with Crippen molar-refractivity contribution in [2.24, 2.45) is 0 Å². The number of thiophene rings is 1. The minimum absolute atomic E-state index is 0.0490. The number of Topliss-reactive ketones (excluding diaryl/α,β-unsaturated/α-hetero) is 1. The maximum atomic E-state index is 13.5. The monoisotopic (exact) mass is 526 g/mol. The number of ketones is 1. The second kappa shape index (κ2) is 9.41. The first kappa shape index (κ1) is 22.9. The number of benzene rings is 1. The molecular weight excluding hydrogens is 509 g/mol. The highest BCUT2D eigenvalue weighted by atomic mass is 32.2. The molecule has 1 aliphatic rings. The predicted molar refractivity (Wildman–Crippen MR) is 136 cm³/mol. The Kier molecular flexibility index (Phi) is 6.34. The Morgan fingerprint density at radius 2 is 1.91 bits per heavy atom. The SMILES string of the molecule is Cc1nc(C)c(C(=O)C2=C(O)C(=O)N(c3nnc(SCc4ccccc4)s3)C2c2cccs2)s1. The topological polar surface area (TPSA) is 96.3 Å². The third-order valence-electron chi connectivity index (χ3n) is 5.18. The lowest BCUT2D eigenvalue weighted by Gasteiger charge is -2.22. The Balaban J connectivity index is 1.48. The number of anilines is 1. The van der Waals surface area contributed by atoms with E-state index in [1.807, 2.05) is 54.8 Å². The number of nitrogens with zero attached hydrogens (tertiary/aromatic N) is 4. The predicted octanol–water partition coefficient (Wildman–Crippen LogP) is 5.75. The van der Waals surface area contributed by atoms with Gasteiger partial charge in [0.25, 0.3) is 5.91 Å². The van der Waals surface area contributed by atoms with E-state index in [1.165, 1.54) is 50.7 Å². The summed E-state index contributed by atoms with van der Waals surface area (Å²) >= 11 is 5.45. The van der Waals surface area contributed by atoms with Gasteiger partial charge < -0.3 is 5.11 Å². The van der Waals surface area contributed by atoms with Gasteiger partial charge in [-0.2, -0.15) is 0 Å².